The van der Waals surface area contributed by atoms with Gasteiger partial charge < -0.3 is 9.47 Å². The van der Waals surface area contributed by atoms with Gasteiger partial charge in [-0.1, -0.05) is 28.1 Å². The number of halogens is 1. The lowest BCUT2D eigenvalue weighted by Gasteiger charge is -2.07. The zero-order chi connectivity index (χ0) is 17.7. The average Bonchev–Trinajstić information content (AvgIpc) is 2.58. The summed E-state index contributed by atoms with van der Waals surface area (Å²) < 4.78 is 10.5. The van der Waals surface area contributed by atoms with Crippen LogP contribution in [-0.4, -0.2) is 24.0 Å². The van der Waals surface area contributed by atoms with E-state index in [1.807, 2.05) is 6.07 Å². The number of ether oxygens (including phenoxy) is 2. The fourth-order valence-electron chi connectivity index (χ4n) is 1.93. The first-order chi connectivity index (χ1) is 11.4. The molecule has 0 aliphatic rings. The molecule has 0 spiro atoms. The minimum atomic E-state index is -0.778. The smallest absolute Gasteiger partial charge is 0.338 e. The van der Waals surface area contributed by atoms with Gasteiger partial charge in [-0.3, -0.25) is 10.1 Å². The lowest BCUT2D eigenvalue weighted by molar-refractivity contribution is -0.384. The molecule has 0 bridgehead atoms. The molecule has 0 aliphatic carbocycles. The quantitative estimate of drug-likeness (QED) is 0.438. The molecular weight excluding hydrogens is 382 g/mol. The predicted molar refractivity (Wildman–Crippen MR) is 87.7 cm³/mol. The van der Waals surface area contributed by atoms with Crippen molar-refractivity contribution >= 4 is 33.6 Å². The second kappa shape index (κ2) is 7.69. The highest BCUT2D eigenvalue weighted by Crippen LogP contribution is 2.20. The monoisotopic (exact) mass is 393 g/mol. The molecular formula is C16H12BrNO6. The first-order valence-electron chi connectivity index (χ1n) is 6.70. The fourth-order valence-corrected chi connectivity index (χ4v) is 2.38. The largest absolute Gasteiger partial charge is 0.465 e. The van der Waals surface area contributed by atoms with Crippen LogP contribution in [0.15, 0.2) is 46.9 Å². The van der Waals surface area contributed by atoms with Crippen LogP contribution in [0.5, 0.6) is 0 Å². The van der Waals surface area contributed by atoms with E-state index in [2.05, 4.69) is 20.7 Å². The highest BCUT2D eigenvalue weighted by molar-refractivity contribution is 9.10. The third kappa shape index (κ3) is 4.39. The Morgan fingerprint density at radius 1 is 1.12 bits per heavy atom. The topological polar surface area (TPSA) is 95.7 Å². The maximum atomic E-state index is 12.1. The number of nitrogens with zero attached hydrogens (tertiary/aromatic N) is 1. The number of benzene rings is 2. The molecule has 8 heteroatoms. The van der Waals surface area contributed by atoms with Gasteiger partial charge in [-0.25, -0.2) is 9.59 Å². The van der Waals surface area contributed by atoms with E-state index in [-0.39, 0.29) is 17.7 Å². The van der Waals surface area contributed by atoms with E-state index in [0.29, 0.717) is 0 Å². The van der Waals surface area contributed by atoms with Gasteiger partial charge in [0.1, 0.15) is 6.61 Å². The molecule has 24 heavy (non-hydrogen) atoms. The average molecular weight is 394 g/mol. The third-order valence-electron chi connectivity index (χ3n) is 3.04. The summed E-state index contributed by atoms with van der Waals surface area (Å²) in [5.74, 6) is -1.55. The van der Waals surface area contributed by atoms with E-state index in [9.17, 15) is 19.7 Å². The second-order valence-electron chi connectivity index (χ2n) is 4.72. The van der Waals surface area contributed by atoms with Crippen LogP contribution in [0.1, 0.15) is 26.3 Å². The number of nitro groups is 1. The lowest BCUT2D eigenvalue weighted by atomic mass is 10.1. The summed E-state index contributed by atoms with van der Waals surface area (Å²) in [6.07, 6.45) is 0. The van der Waals surface area contributed by atoms with E-state index in [4.69, 9.17) is 4.74 Å². The zero-order valence-corrected chi connectivity index (χ0v) is 14.1. The highest BCUT2D eigenvalue weighted by Gasteiger charge is 2.19. The minimum absolute atomic E-state index is 0.00543. The number of esters is 2. The van der Waals surface area contributed by atoms with Crippen LogP contribution in [0.2, 0.25) is 0 Å². The van der Waals surface area contributed by atoms with Crippen molar-refractivity contribution in [3.05, 3.63) is 73.7 Å². The van der Waals surface area contributed by atoms with Crippen molar-refractivity contribution in [2.24, 2.45) is 0 Å². The van der Waals surface area contributed by atoms with Gasteiger partial charge in [0, 0.05) is 16.6 Å². The number of hydrogen-bond donors (Lipinski definition) is 0. The Morgan fingerprint density at radius 3 is 2.38 bits per heavy atom. The summed E-state index contributed by atoms with van der Waals surface area (Å²) >= 11 is 3.31. The van der Waals surface area contributed by atoms with Gasteiger partial charge in [0.05, 0.1) is 23.2 Å². The van der Waals surface area contributed by atoms with E-state index >= 15 is 0 Å². The maximum absolute atomic E-state index is 12.1. The van der Waals surface area contributed by atoms with Crippen molar-refractivity contribution in [3.8, 4) is 0 Å². The van der Waals surface area contributed by atoms with Crippen LogP contribution >= 0.6 is 15.9 Å². The molecule has 0 N–H and O–H groups in total. The molecule has 0 saturated heterocycles. The summed E-state index contributed by atoms with van der Waals surface area (Å²) in [6, 6.07) is 10.4. The van der Waals surface area contributed by atoms with Crippen LogP contribution < -0.4 is 0 Å². The van der Waals surface area contributed by atoms with Crippen LogP contribution in [0.3, 0.4) is 0 Å². The van der Waals surface area contributed by atoms with Crippen molar-refractivity contribution in [1.82, 2.24) is 0 Å². The fraction of sp³-hybridized carbons (Fsp3) is 0.125. The highest BCUT2D eigenvalue weighted by atomic mass is 79.9. The SMILES string of the molecule is COC(=O)c1cc(C(=O)OCc2cccc(Br)c2)cc([N+](=O)[O-])c1. The molecule has 0 unspecified atom stereocenters. The summed E-state index contributed by atoms with van der Waals surface area (Å²) in [5, 5.41) is 11.0. The van der Waals surface area contributed by atoms with Gasteiger partial charge in [-0.2, -0.15) is 0 Å². The summed E-state index contributed by atoms with van der Waals surface area (Å²) in [5.41, 5.74) is 0.157. The van der Waals surface area contributed by atoms with Gasteiger partial charge in [-0.05, 0) is 23.8 Å². The number of carbonyl (C=O) groups is 2. The Balaban J connectivity index is 2.23. The van der Waals surface area contributed by atoms with Crippen molar-refractivity contribution < 1.29 is 24.0 Å². The Bertz CT molecular complexity index is 805. The van der Waals surface area contributed by atoms with E-state index in [1.165, 1.54) is 6.07 Å². The van der Waals surface area contributed by atoms with Gasteiger partial charge in [0.15, 0.2) is 0 Å². The Kier molecular flexibility index (Phi) is 5.64. The van der Waals surface area contributed by atoms with E-state index < -0.39 is 22.5 Å². The molecule has 2 aromatic rings. The number of non-ortho nitro benzene ring substituents is 1. The van der Waals surface area contributed by atoms with Crippen molar-refractivity contribution in [2.75, 3.05) is 7.11 Å². The van der Waals surface area contributed by atoms with Crippen LogP contribution in [0.25, 0.3) is 0 Å². The standard InChI is InChI=1S/C16H12BrNO6/c1-23-15(19)11-6-12(8-14(7-11)18(21)22)16(20)24-9-10-3-2-4-13(17)5-10/h2-8H,9H2,1H3. The lowest BCUT2D eigenvalue weighted by Crippen LogP contribution is -2.09. The summed E-state index contributed by atoms with van der Waals surface area (Å²) in [4.78, 5) is 34.0. The number of hydrogen-bond acceptors (Lipinski definition) is 6. The third-order valence-corrected chi connectivity index (χ3v) is 3.54. The van der Waals surface area contributed by atoms with Crippen molar-refractivity contribution in [3.63, 3.8) is 0 Å². The van der Waals surface area contributed by atoms with E-state index in [0.717, 1.165) is 29.3 Å². The molecule has 2 rings (SSSR count). The number of methoxy groups -OCH3 is 1. The Hall–Kier alpha value is -2.74. The molecule has 0 aliphatic heterocycles. The molecule has 0 amide bonds. The summed E-state index contributed by atoms with van der Waals surface area (Å²) in [6.45, 7) is -0.00543. The first-order valence-corrected chi connectivity index (χ1v) is 7.49. The van der Waals surface area contributed by atoms with Crippen molar-refractivity contribution in [2.45, 2.75) is 6.61 Å². The number of nitro benzene ring substituents is 1. The normalized spacial score (nSPS) is 10.1. The van der Waals surface area contributed by atoms with Gasteiger partial charge in [0.25, 0.3) is 5.69 Å². The minimum Gasteiger partial charge on any atom is -0.465 e. The molecule has 0 aromatic heterocycles. The Labute approximate surface area is 145 Å². The molecule has 0 saturated carbocycles. The molecule has 0 fully saturated rings. The van der Waals surface area contributed by atoms with Crippen molar-refractivity contribution in [1.29, 1.82) is 0 Å². The maximum Gasteiger partial charge on any atom is 0.338 e. The number of carbonyl (C=O) groups excluding carboxylic acids is 2. The molecule has 124 valence electrons. The van der Waals surface area contributed by atoms with Crippen LogP contribution in [0.4, 0.5) is 5.69 Å². The molecule has 0 heterocycles. The predicted octanol–water partition coefficient (Wildman–Crippen LogP) is 3.50. The van der Waals surface area contributed by atoms with Gasteiger partial charge in [-0.15, -0.1) is 0 Å². The molecule has 7 nitrogen and oxygen atoms in total. The molecule has 0 radical (unpaired) electrons. The first kappa shape index (κ1) is 17.6. The zero-order valence-electron chi connectivity index (χ0n) is 12.5. The summed E-state index contributed by atoms with van der Waals surface area (Å²) in [7, 11) is 1.15. The van der Waals surface area contributed by atoms with E-state index in [1.54, 1.807) is 18.2 Å². The Morgan fingerprint density at radius 2 is 1.79 bits per heavy atom. The van der Waals surface area contributed by atoms with Crippen LogP contribution in [-0.2, 0) is 16.1 Å². The molecule has 0 atom stereocenters. The van der Waals surface area contributed by atoms with Crippen LogP contribution in [0, 0.1) is 10.1 Å². The van der Waals surface area contributed by atoms with Gasteiger partial charge in [0.2, 0.25) is 0 Å². The van der Waals surface area contributed by atoms with Gasteiger partial charge >= 0.3 is 11.9 Å². The molecule has 2 aromatic carbocycles. The number of rotatable bonds is 5. The second-order valence-corrected chi connectivity index (χ2v) is 5.64.